The Morgan fingerprint density at radius 1 is 0.980 bits per heavy atom. The lowest BCUT2D eigenvalue weighted by molar-refractivity contribution is -0.162. The summed E-state index contributed by atoms with van der Waals surface area (Å²) in [6.45, 7) is 3.45. The highest BCUT2D eigenvalue weighted by Gasteiger charge is 2.74. The zero-order valence-electron chi connectivity index (χ0n) is 28.6. The molecule has 4 aliphatic heterocycles. The summed E-state index contributed by atoms with van der Waals surface area (Å²) in [6, 6.07) is 7.51. The van der Waals surface area contributed by atoms with Gasteiger partial charge in [-0.15, -0.1) is 0 Å². The fourth-order valence-corrected chi connectivity index (χ4v) is 8.43. The molecule has 11 nitrogen and oxygen atoms in total. The van der Waals surface area contributed by atoms with Crippen LogP contribution in [0.5, 0.6) is 0 Å². The molecular formula is C37H50BrN3O8. The lowest BCUT2D eigenvalue weighted by atomic mass is 9.74. The Hall–Kier alpha value is -3.06. The molecule has 0 aromatic heterocycles. The number of esters is 1. The summed E-state index contributed by atoms with van der Waals surface area (Å²) in [5.41, 5.74) is -0.683. The van der Waals surface area contributed by atoms with Crippen LogP contribution in [0.3, 0.4) is 0 Å². The van der Waals surface area contributed by atoms with Crippen molar-refractivity contribution < 1.29 is 38.5 Å². The third kappa shape index (κ3) is 7.97. The zero-order valence-corrected chi connectivity index (χ0v) is 30.1. The van der Waals surface area contributed by atoms with Crippen molar-refractivity contribution in [1.29, 1.82) is 0 Å². The number of hydrogen-bond donors (Lipinski definition) is 2. The van der Waals surface area contributed by atoms with E-state index in [2.05, 4.69) is 28.2 Å². The number of aliphatic hydroxyl groups excluding tert-OH is 1. The Morgan fingerprint density at radius 2 is 1.73 bits per heavy atom. The number of carbonyl (C=O) groups excluding carboxylic acids is 4. The number of unbranched alkanes of at least 4 members (excludes halogenated alkanes) is 5. The van der Waals surface area contributed by atoms with Crippen molar-refractivity contribution in [2.24, 2.45) is 11.8 Å². The van der Waals surface area contributed by atoms with Crippen molar-refractivity contribution in [3.63, 3.8) is 0 Å². The summed E-state index contributed by atoms with van der Waals surface area (Å²) < 4.78 is 19.1. The van der Waals surface area contributed by atoms with Crippen LogP contribution < -0.4 is 5.32 Å². The second kappa shape index (κ2) is 17.2. The Labute approximate surface area is 297 Å². The zero-order chi connectivity index (χ0) is 35.0. The molecule has 0 radical (unpaired) electrons. The number of aliphatic hydroxyl groups is 1. The molecule has 2 saturated heterocycles. The van der Waals surface area contributed by atoms with E-state index in [1.807, 2.05) is 48.6 Å². The minimum atomic E-state index is -1.35. The van der Waals surface area contributed by atoms with Crippen LogP contribution in [0.15, 0.2) is 53.0 Å². The number of methoxy groups -OCH3 is 1. The molecule has 5 rings (SSSR count). The van der Waals surface area contributed by atoms with E-state index in [4.69, 9.17) is 14.2 Å². The lowest BCUT2D eigenvalue weighted by Crippen LogP contribution is -2.56. The largest absolute Gasteiger partial charge is 0.455 e. The van der Waals surface area contributed by atoms with Crippen molar-refractivity contribution in [2.75, 3.05) is 40.0 Å². The van der Waals surface area contributed by atoms with Crippen molar-refractivity contribution in [2.45, 2.75) is 94.6 Å². The fraction of sp³-hybridized carbons (Fsp3) is 0.622. The summed E-state index contributed by atoms with van der Waals surface area (Å²) in [7, 11) is 1.52. The molecule has 7 atom stereocenters. The molecule has 0 saturated carbocycles. The van der Waals surface area contributed by atoms with Crippen molar-refractivity contribution in [1.82, 2.24) is 15.1 Å². The van der Waals surface area contributed by atoms with Gasteiger partial charge in [0, 0.05) is 44.3 Å². The highest BCUT2D eigenvalue weighted by atomic mass is 79.9. The average Bonchev–Trinajstić information content (AvgIpc) is 3.68. The topological polar surface area (TPSA) is 135 Å². The first-order chi connectivity index (χ1) is 23.8. The van der Waals surface area contributed by atoms with E-state index in [9.17, 15) is 24.3 Å². The molecule has 1 spiro atoms. The van der Waals surface area contributed by atoms with Gasteiger partial charge in [-0.05, 0) is 37.3 Å². The van der Waals surface area contributed by atoms with Gasteiger partial charge in [-0.1, -0.05) is 91.0 Å². The number of nitrogens with zero attached hydrogens (tertiary/aromatic N) is 2. The van der Waals surface area contributed by atoms with Gasteiger partial charge in [0.25, 0.3) is 0 Å². The number of carbonyl (C=O) groups is 4. The molecule has 5 bridgehead atoms. The van der Waals surface area contributed by atoms with Crippen molar-refractivity contribution in [3.8, 4) is 0 Å². The fourth-order valence-electron chi connectivity index (χ4n) is 7.70. The highest BCUT2D eigenvalue weighted by molar-refractivity contribution is 9.11. The maximum Gasteiger partial charge on any atom is 0.313 e. The van der Waals surface area contributed by atoms with Crippen molar-refractivity contribution in [3.05, 3.63) is 58.6 Å². The Kier molecular flexibility index (Phi) is 13.1. The number of halogens is 1. The van der Waals surface area contributed by atoms with Gasteiger partial charge in [-0.25, -0.2) is 0 Å². The Morgan fingerprint density at radius 3 is 2.47 bits per heavy atom. The summed E-state index contributed by atoms with van der Waals surface area (Å²) in [5.74, 6) is -3.36. The predicted octanol–water partition coefficient (Wildman–Crippen LogP) is 4.20. The number of rotatable bonds is 13. The first kappa shape index (κ1) is 37.2. The van der Waals surface area contributed by atoms with Gasteiger partial charge in [0.1, 0.15) is 29.8 Å². The number of ether oxygens (including phenoxy) is 3. The maximum atomic E-state index is 14.7. The number of amides is 3. The summed E-state index contributed by atoms with van der Waals surface area (Å²) in [5, 5.41) is 12.3. The quantitative estimate of drug-likeness (QED) is 0.175. The second-order valence-corrected chi connectivity index (χ2v) is 14.3. The van der Waals surface area contributed by atoms with Gasteiger partial charge in [-0.2, -0.15) is 0 Å². The smallest absolute Gasteiger partial charge is 0.313 e. The molecular weight excluding hydrogens is 694 g/mol. The number of allylic oxidation sites excluding steroid dienone is 1. The average molecular weight is 745 g/mol. The third-order valence-corrected chi connectivity index (χ3v) is 10.7. The van der Waals surface area contributed by atoms with Gasteiger partial charge in [0.2, 0.25) is 17.7 Å². The number of benzene rings is 1. The first-order valence-corrected chi connectivity index (χ1v) is 18.5. The van der Waals surface area contributed by atoms with E-state index in [1.54, 1.807) is 9.80 Å². The Bertz CT molecular complexity index is 1390. The van der Waals surface area contributed by atoms with Gasteiger partial charge in [-0.3, -0.25) is 19.2 Å². The molecule has 2 N–H and O–H groups in total. The van der Waals surface area contributed by atoms with Crippen LogP contribution in [0.4, 0.5) is 0 Å². The second-order valence-electron chi connectivity index (χ2n) is 13.4. The molecule has 2 fully saturated rings. The summed E-state index contributed by atoms with van der Waals surface area (Å²) >= 11 is 3.63. The normalized spacial score (nSPS) is 31.1. The van der Waals surface area contributed by atoms with Crippen LogP contribution in [0.25, 0.3) is 0 Å². The minimum absolute atomic E-state index is 0.0856. The molecule has 49 heavy (non-hydrogen) atoms. The third-order valence-electron chi connectivity index (χ3n) is 10.0. The van der Waals surface area contributed by atoms with Crippen LogP contribution in [0.2, 0.25) is 0 Å². The lowest BCUT2D eigenvalue weighted by Gasteiger charge is -2.36. The SMILES string of the molecule is CCCCCN1C/C=C\CCC(=O)N[C@H](COC)[C@@H](c2ccccc2)OC(=O)[C@@H]2[C@H]3O[C@@]4(C=C3Br)[C@H](C1=O)N(CCCCCCO)C(=O)[C@@H]24. The molecule has 0 aliphatic carbocycles. The monoisotopic (exact) mass is 743 g/mol. The van der Waals surface area contributed by atoms with Gasteiger partial charge in [0.15, 0.2) is 0 Å². The molecule has 0 unspecified atom stereocenters. The van der Waals surface area contributed by atoms with E-state index < -0.39 is 47.7 Å². The molecule has 3 amide bonds. The van der Waals surface area contributed by atoms with Crippen LogP contribution in [0, 0.1) is 11.8 Å². The van der Waals surface area contributed by atoms with E-state index in [1.165, 1.54) is 7.11 Å². The molecule has 1 aromatic rings. The standard InChI is InChI=1S/C37H50BrN3O8/c1-3-4-12-19-40-20-13-8-11-18-28(43)39-27(24-47-2)31(25-16-9-7-10-17-25)48-36(46)29-30-34(44)41(21-14-5-6-15-22-42)33(35(40)45)37(30)23-26(38)32(29)49-37/h7-10,13,16-17,23,27,29-33,42H,3-6,11-12,14-15,18-22,24H2,1-2H3,(H,39,43)/b13-8-/t27-,29+,30-,31-,32+,33+,37-/m1/s1. The predicted molar refractivity (Wildman–Crippen MR) is 186 cm³/mol. The van der Waals surface area contributed by atoms with Gasteiger partial charge in [0.05, 0.1) is 18.6 Å². The van der Waals surface area contributed by atoms with Crippen LogP contribution in [-0.4, -0.2) is 102 Å². The van der Waals surface area contributed by atoms with Crippen LogP contribution in [0.1, 0.15) is 76.4 Å². The van der Waals surface area contributed by atoms with Crippen molar-refractivity contribution >= 4 is 39.6 Å². The van der Waals surface area contributed by atoms with Gasteiger partial charge < -0.3 is 34.4 Å². The number of cyclic esters (lactones) is 1. The van der Waals surface area contributed by atoms with Gasteiger partial charge >= 0.3 is 5.97 Å². The number of likely N-dealkylation sites (tertiary alicyclic amines) is 1. The number of nitrogens with one attached hydrogen (secondary N) is 1. The summed E-state index contributed by atoms with van der Waals surface area (Å²) in [4.78, 5) is 60.3. The number of fused-ring (bicyclic) bond motifs is 2. The Balaban J connectivity index is 1.57. The summed E-state index contributed by atoms with van der Waals surface area (Å²) in [6.07, 6.45) is 10.2. The minimum Gasteiger partial charge on any atom is -0.455 e. The van der Waals surface area contributed by atoms with E-state index >= 15 is 0 Å². The first-order valence-electron chi connectivity index (χ1n) is 17.7. The molecule has 268 valence electrons. The van der Waals surface area contributed by atoms with E-state index in [-0.39, 0.29) is 37.4 Å². The van der Waals surface area contributed by atoms with Crippen LogP contribution in [-0.2, 0) is 33.4 Å². The molecule has 4 aliphatic rings. The number of hydrogen-bond acceptors (Lipinski definition) is 8. The van der Waals surface area contributed by atoms with E-state index in [0.717, 1.165) is 32.1 Å². The highest BCUT2D eigenvalue weighted by Crippen LogP contribution is 2.59. The molecule has 4 heterocycles. The molecule has 12 heteroatoms. The maximum absolute atomic E-state index is 14.7. The van der Waals surface area contributed by atoms with Crippen LogP contribution >= 0.6 is 15.9 Å². The molecule has 1 aromatic carbocycles. The van der Waals surface area contributed by atoms with E-state index in [0.29, 0.717) is 48.9 Å².